The SMILES string of the molecule is O=C(CCCNC(=O)c1ccc(Cl)cc1)OCC(=O)c1ccc(N2CCCC2=O)cc1. The topological polar surface area (TPSA) is 92.8 Å². The van der Waals surface area contributed by atoms with Gasteiger partial charge in [-0.3, -0.25) is 19.2 Å². The van der Waals surface area contributed by atoms with Crippen molar-refractivity contribution in [2.24, 2.45) is 0 Å². The molecule has 1 fully saturated rings. The molecule has 0 aliphatic carbocycles. The molecule has 0 unspecified atom stereocenters. The molecular formula is C23H23ClN2O5. The van der Waals surface area contributed by atoms with Crippen molar-refractivity contribution in [1.82, 2.24) is 5.32 Å². The highest BCUT2D eigenvalue weighted by Crippen LogP contribution is 2.21. The number of nitrogens with one attached hydrogen (secondary N) is 1. The van der Waals surface area contributed by atoms with Crippen LogP contribution in [-0.4, -0.2) is 43.3 Å². The normalized spacial score (nSPS) is 13.2. The maximum absolute atomic E-state index is 12.2. The Kier molecular flexibility index (Phi) is 7.78. The minimum Gasteiger partial charge on any atom is -0.457 e. The van der Waals surface area contributed by atoms with Crippen LogP contribution in [0.1, 0.15) is 46.4 Å². The largest absolute Gasteiger partial charge is 0.457 e. The summed E-state index contributed by atoms with van der Waals surface area (Å²) in [6, 6.07) is 13.2. The number of nitrogens with zero attached hydrogens (tertiary/aromatic N) is 1. The van der Waals surface area contributed by atoms with Gasteiger partial charge >= 0.3 is 5.97 Å². The molecule has 1 aliphatic heterocycles. The van der Waals surface area contributed by atoms with Gasteiger partial charge in [0.15, 0.2) is 12.4 Å². The molecule has 1 heterocycles. The standard InChI is InChI=1S/C23H23ClN2O5/c24-18-9-5-17(6-10-18)23(30)25-13-1-4-22(29)31-15-20(27)16-7-11-19(12-8-16)26-14-2-3-21(26)28/h5-12H,1-4,13-15H2,(H,25,30). The number of hydrogen-bond donors (Lipinski definition) is 1. The zero-order valence-corrected chi connectivity index (χ0v) is 17.7. The maximum Gasteiger partial charge on any atom is 0.306 e. The van der Waals surface area contributed by atoms with Gasteiger partial charge in [-0.25, -0.2) is 0 Å². The van der Waals surface area contributed by atoms with Gasteiger partial charge < -0.3 is 15.0 Å². The number of benzene rings is 2. The molecule has 2 amide bonds. The fourth-order valence-electron chi connectivity index (χ4n) is 3.19. The molecular weight excluding hydrogens is 420 g/mol. The summed E-state index contributed by atoms with van der Waals surface area (Å²) in [6.45, 7) is 0.642. The molecule has 1 N–H and O–H groups in total. The molecule has 0 atom stereocenters. The number of ketones is 1. The van der Waals surface area contributed by atoms with Gasteiger partial charge in [-0.05, 0) is 61.4 Å². The molecule has 1 aliphatic rings. The lowest BCUT2D eigenvalue weighted by atomic mass is 10.1. The van der Waals surface area contributed by atoms with Crippen molar-refractivity contribution < 1.29 is 23.9 Å². The molecule has 3 rings (SSSR count). The first-order valence-electron chi connectivity index (χ1n) is 10.1. The summed E-state index contributed by atoms with van der Waals surface area (Å²) in [5.41, 5.74) is 1.66. The predicted molar refractivity (Wildman–Crippen MR) is 116 cm³/mol. The van der Waals surface area contributed by atoms with E-state index in [-0.39, 0.29) is 30.6 Å². The highest BCUT2D eigenvalue weighted by atomic mass is 35.5. The number of carbonyl (C=O) groups excluding carboxylic acids is 4. The number of Topliss-reactive ketones (excluding diaryl/α,β-unsaturated/α-hetero) is 1. The van der Waals surface area contributed by atoms with Gasteiger partial charge in [-0.15, -0.1) is 0 Å². The lowest BCUT2D eigenvalue weighted by Gasteiger charge is -2.15. The quantitative estimate of drug-likeness (QED) is 0.365. The Morgan fingerprint density at radius 2 is 1.68 bits per heavy atom. The van der Waals surface area contributed by atoms with Crippen LogP contribution in [0.4, 0.5) is 5.69 Å². The van der Waals surface area contributed by atoms with Crippen molar-refractivity contribution in [1.29, 1.82) is 0 Å². The average molecular weight is 443 g/mol. The predicted octanol–water partition coefficient (Wildman–Crippen LogP) is 3.40. The lowest BCUT2D eigenvalue weighted by Crippen LogP contribution is -2.25. The Labute approximate surface area is 185 Å². The molecule has 0 bridgehead atoms. The van der Waals surface area contributed by atoms with Crippen LogP contribution in [0.2, 0.25) is 5.02 Å². The highest BCUT2D eigenvalue weighted by Gasteiger charge is 2.21. The van der Waals surface area contributed by atoms with Gasteiger partial charge in [0.2, 0.25) is 5.91 Å². The summed E-state index contributed by atoms with van der Waals surface area (Å²) in [4.78, 5) is 49.5. The first kappa shape index (κ1) is 22.5. The maximum atomic E-state index is 12.2. The smallest absolute Gasteiger partial charge is 0.306 e. The molecule has 0 radical (unpaired) electrons. The number of esters is 1. The highest BCUT2D eigenvalue weighted by molar-refractivity contribution is 6.30. The van der Waals surface area contributed by atoms with Gasteiger partial charge in [-0.1, -0.05) is 11.6 Å². The summed E-state index contributed by atoms with van der Waals surface area (Å²) < 4.78 is 5.03. The number of hydrogen-bond acceptors (Lipinski definition) is 5. The second-order valence-corrected chi connectivity index (χ2v) is 7.58. The van der Waals surface area contributed by atoms with Crippen LogP contribution in [0.3, 0.4) is 0 Å². The molecule has 2 aromatic rings. The summed E-state index contributed by atoms with van der Waals surface area (Å²) >= 11 is 5.79. The van der Waals surface area contributed by atoms with Gasteiger partial charge in [0.25, 0.3) is 5.91 Å². The van der Waals surface area contributed by atoms with Gasteiger partial charge in [-0.2, -0.15) is 0 Å². The average Bonchev–Trinajstić information content (AvgIpc) is 3.21. The van der Waals surface area contributed by atoms with Crippen LogP contribution in [0, 0.1) is 0 Å². The van der Waals surface area contributed by atoms with E-state index >= 15 is 0 Å². The number of halogens is 1. The van der Waals surface area contributed by atoms with Crippen molar-refractivity contribution in [3.8, 4) is 0 Å². The van der Waals surface area contributed by atoms with E-state index in [4.69, 9.17) is 16.3 Å². The summed E-state index contributed by atoms with van der Waals surface area (Å²) in [5.74, 6) is -0.992. The van der Waals surface area contributed by atoms with Crippen molar-refractivity contribution in [2.75, 3.05) is 24.6 Å². The van der Waals surface area contributed by atoms with E-state index in [1.807, 2.05) is 0 Å². The van der Waals surface area contributed by atoms with Gasteiger partial charge in [0, 0.05) is 47.8 Å². The van der Waals surface area contributed by atoms with Crippen LogP contribution < -0.4 is 10.2 Å². The molecule has 7 nitrogen and oxygen atoms in total. The van der Waals surface area contributed by atoms with E-state index in [1.165, 1.54) is 0 Å². The molecule has 31 heavy (non-hydrogen) atoms. The van der Waals surface area contributed by atoms with Crippen LogP contribution in [0.5, 0.6) is 0 Å². The van der Waals surface area contributed by atoms with E-state index in [9.17, 15) is 19.2 Å². The third kappa shape index (κ3) is 6.39. The minimum absolute atomic E-state index is 0.0809. The molecule has 8 heteroatoms. The molecule has 0 spiro atoms. The number of amides is 2. The number of ether oxygens (including phenoxy) is 1. The van der Waals surface area contributed by atoms with Gasteiger partial charge in [0.1, 0.15) is 0 Å². The third-order valence-corrected chi connectivity index (χ3v) is 5.14. The Hall–Kier alpha value is -3.19. The van der Waals surface area contributed by atoms with E-state index in [1.54, 1.807) is 53.4 Å². The molecule has 1 saturated heterocycles. The summed E-state index contributed by atoms with van der Waals surface area (Å²) in [7, 11) is 0. The number of anilines is 1. The zero-order chi connectivity index (χ0) is 22.2. The molecule has 162 valence electrons. The minimum atomic E-state index is -0.506. The van der Waals surface area contributed by atoms with Crippen molar-refractivity contribution in [3.05, 3.63) is 64.7 Å². The summed E-state index contributed by atoms with van der Waals surface area (Å²) in [5, 5.41) is 3.26. The fourth-order valence-corrected chi connectivity index (χ4v) is 3.31. The van der Waals surface area contributed by atoms with Crippen LogP contribution in [0.25, 0.3) is 0 Å². The Morgan fingerprint density at radius 1 is 1.00 bits per heavy atom. The van der Waals surface area contributed by atoms with E-state index in [2.05, 4.69) is 5.32 Å². The van der Waals surface area contributed by atoms with Gasteiger partial charge in [0.05, 0.1) is 0 Å². The monoisotopic (exact) mass is 442 g/mol. The third-order valence-electron chi connectivity index (χ3n) is 4.89. The van der Waals surface area contributed by atoms with Crippen molar-refractivity contribution in [2.45, 2.75) is 25.7 Å². The van der Waals surface area contributed by atoms with E-state index in [0.717, 1.165) is 12.1 Å². The van der Waals surface area contributed by atoms with Crippen LogP contribution in [0.15, 0.2) is 48.5 Å². The van der Waals surface area contributed by atoms with Crippen LogP contribution >= 0.6 is 11.6 Å². The van der Waals surface area contributed by atoms with E-state index < -0.39 is 5.97 Å². The number of carbonyl (C=O) groups is 4. The first-order chi connectivity index (χ1) is 14.9. The second-order valence-electron chi connectivity index (χ2n) is 7.15. The molecule has 2 aromatic carbocycles. The Balaban J connectivity index is 1.35. The fraction of sp³-hybridized carbons (Fsp3) is 0.304. The van der Waals surface area contributed by atoms with Crippen LogP contribution in [-0.2, 0) is 14.3 Å². The summed E-state index contributed by atoms with van der Waals surface area (Å²) in [6.07, 6.45) is 1.86. The molecule has 0 saturated carbocycles. The second kappa shape index (κ2) is 10.7. The Bertz CT molecular complexity index is 957. The zero-order valence-electron chi connectivity index (χ0n) is 16.9. The van der Waals surface area contributed by atoms with E-state index in [0.29, 0.717) is 42.1 Å². The van der Waals surface area contributed by atoms with Crippen molar-refractivity contribution in [3.63, 3.8) is 0 Å². The molecule has 0 aromatic heterocycles. The lowest BCUT2D eigenvalue weighted by molar-refractivity contribution is -0.142. The van der Waals surface area contributed by atoms with Crippen molar-refractivity contribution >= 4 is 40.9 Å². The number of rotatable bonds is 9. The first-order valence-corrected chi connectivity index (χ1v) is 10.4. The Morgan fingerprint density at radius 3 is 2.32 bits per heavy atom.